The number of allylic oxidation sites excluding steroid dienone is 2. The van der Waals surface area contributed by atoms with Crippen molar-refractivity contribution in [1.29, 1.82) is 0 Å². The van der Waals surface area contributed by atoms with Crippen LogP contribution in [0.15, 0.2) is 29.0 Å². The van der Waals surface area contributed by atoms with Crippen LogP contribution in [0, 0.1) is 0 Å². The highest BCUT2D eigenvalue weighted by Gasteiger charge is 2.39. The summed E-state index contributed by atoms with van der Waals surface area (Å²) >= 11 is 0. The van der Waals surface area contributed by atoms with E-state index >= 15 is 0 Å². The van der Waals surface area contributed by atoms with E-state index in [0.717, 1.165) is 17.9 Å². The molecule has 16 heavy (non-hydrogen) atoms. The summed E-state index contributed by atoms with van der Waals surface area (Å²) in [5, 5.41) is 11.0. The number of Topliss-reactive ketones (excluding diaryl/α,β-unsaturated/α-hetero) is 1. The lowest BCUT2D eigenvalue weighted by molar-refractivity contribution is -0.162. The molecule has 1 aliphatic heterocycles. The number of carbonyl (C=O) groups excluding carboxylic acids is 1. The highest BCUT2D eigenvalue weighted by molar-refractivity contribution is 5.88. The van der Waals surface area contributed by atoms with E-state index in [0.29, 0.717) is 18.5 Å². The number of hydroxylamine groups is 2. The van der Waals surface area contributed by atoms with Crippen LogP contribution in [0.3, 0.4) is 0 Å². The summed E-state index contributed by atoms with van der Waals surface area (Å²) in [6.45, 7) is 1.79. The number of aliphatic imine (C=N–C) groups is 1. The molecule has 0 spiro atoms. The molecule has 1 heterocycles. The molecule has 0 bridgehead atoms. The van der Waals surface area contributed by atoms with Crippen LogP contribution in [0.25, 0.3) is 0 Å². The standard InChI is InChI=1S/C12H16N2O2/c1-12(7-3-2-6-11(12)15)14(16)9-10-5-4-8-13-10/h4-5,8-9,16H,2-3,6-7H2,1H3/b10-9-. The molecule has 1 saturated carbocycles. The molecular formula is C12H16N2O2. The van der Waals surface area contributed by atoms with Crippen molar-refractivity contribution in [1.82, 2.24) is 5.06 Å². The topological polar surface area (TPSA) is 52.9 Å². The Morgan fingerprint density at radius 2 is 2.38 bits per heavy atom. The second kappa shape index (κ2) is 4.22. The van der Waals surface area contributed by atoms with Gasteiger partial charge in [0.05, 0.1) is 11.9 Å². The molecule has 0 saturated heterocycles. The van der Waals surface area contributed by atoms with Gasteiger partial charge >= 0.3 is 0 Å². The van der Waals surface area contributed by atoms with Crippen LogP contribution in [-0.4, -0.2) is 27.8 Å². The Hall–Kier alpha value is -1.42. The van der Waals surface area contributed by atoms with Gasteiger partial charge in [0.15, 0.2) is 5.78 Å². The van der Waals surface area contributed by atoms with Gasteiger partial charge in [-0.3, -0.25) is 15.0 Å². The van der Waals surface area contributed by atoms with Crippen LogP contribution in [-0.2, 0) is 4.79 Å². The van der Waals surface area contributed by atoms with E-state index in [2.05, 4.69) is 4.99 Å². The lowest BCUT2D eigenvalue weighted by atomic mass is 9.82. The van der Waals surface area contributed by atoms with E-state index in [4.69, 9.17) is 0 Å². The Labute approximate surface area is 94.9 Å². The van der Waals surface area contributed by atoms with Crippen LogP contribution in [0.2, 0.25) is 0 Å². The molecule has 1 N–H and O–H groups in total. The van der Waals surface area contributed by atoms with Gasteiger partial charge in [-0.25, -0.2) is 5.06 Å². The van der Waals surface area contributed by atoms with Gasteiger partial charge < -0.3 is 0 Å². The molecule has 4 heteroatoms. The van der Waals surface area contributed by atoms with Crippen molar-refractivity contribution in [3.05, 3.63) is 24.0 Å². The quantitative estimate of drug-likeness (QED) is 0.725. The fourth-order valence-corrected chi connectivity index (χ4v) is 2.06. The molecule has 0 radical (unpaired) electrons. The zero-order valence-electron chi connectivity index (χ0n) is 9.39. The van der Waals surface area contributed by atoms with Gasteiger partial charge in [0.2, 0.25) is 0 Å². The Bertz CT molecular complexity index is 370. The number of rotatable bonds is 2. The molecule has 0 aromatic heterocycles. The number of nitrogens with zero attached hydrogens (tertiary/aromatic N) is 2. The molecule has 1 atom stereocenters. The van der Waals surface area contributed by atoms with Crippen molar-refractivity contribution in [2.45, 2.75) is 38.1 Å². The maximum absolute atomic E-state index is 11.8. The van der Waals surface area contributed by atoms with Crippen molar-refractivity contribution in [3.8, 4) is 0 Å². The average molecular weight is 220 g/mol. The zero-order chi connectivity index (χ0) is 11.6. The van der Waals surface area contributed by atoms with Crippen LogP contribution >= 0.6 is 0 Å². The van der Waals surface area contributed by atoms with Gasteiger partial charge in [-0.2, -0.15) is 0 Å². The molecule has 4 nitrogen and oxygen atoms in total. The normalized spacial score (nSPS) is 31.4. The third-order valence-corrected chi connectivity index (χ3v) is 3.25. The first-order valence-corrected chi connectivity index (χ1v) is 5.57. The summed E-state index contributed by atoms with van der Waals surface area (Å²) in [6.07, 6.45) is 9.91. The predicted octanol–water partition coefficient (Wildman–Crippen LogP) is 2.06. The monoisotopic (exact) mass is 220 g/mol. The maximum atomic E-state index is 11.8. The van der Waals surface area contributed by atoms with E-state index in [1.807, 2.05) is 0 Å². The fraction of sp³-hybridized carbons (Fsp3) is 0.500. The third-order valence-electron chi connectivity index (χ3n) is 3.25. The predicted molar refractivity (Wildman–Crippen MR) is 61.2 cm³/mol. The summed E-state index contributed by atoms with van der Waals surface area (Å²) in [6, 6.07) is 0. The minimum Gasteiger partial charge on any atom is -0.297 e. The Morgan fingerprint density at radius 3 is 3.00 bits per heavy atom. The van der Waals surface area contributed by atoms with Crippen molar-refractivity contribution in [3.63, 3.8) is 0 Å². The van der Waals surface area contributed by atoms with E-state index in [-0.39, 0.29) is 5.78 Å². The third kappa shape index (κ3) is 1.93. The molecule has 1 fully saturated rings. The Morgan fingerprint density at radius 1 is 1.56 bits per heavy atom. The van der Waals surface area contributed by atoms with Crippen molar-refractivity contribution in [2.75, 3.05) is 0 Å². The summed E-state index contributed by atoms with van der Waals surface area (Å²) < 4.78 is 0. The summed E-state index contributed by atoms with van der Waals surface area (Å²) in [4.78, 5) is 15.9. The van der Waals surface area contributed by atoms with Gasteiger partial charge in [-0.15, -0.1) is 0 Å². The van der Waals surface area contributed by atoms with Crippen LogP contribution in [0.5, 0.6) is 0 Å². The molecule has 2 rings (SSSR count). The first kappa shape index (κ1) is 11.1. The largest absolute Gasteiger partial charge is 0.297 e. The van der Waals surface area contributed by atoms with E-state index in [9.17, 15) is 10.0 Å². The van der Waals surface area contributed by atoms with Crippen LogP contribution in [0.4, 0.5) is 0 Å². The van der Waals surface area contributed by atoms with Gasteiger partial charge in [-0.05, 0) is 31.9 Å². The number of hydrogen-bond acceptors (Lipinski definition) is 4. The molecule has 0 amide bonds. The van der Waals surface area contributed by atoms with Crippen molar-refractivity contribution in [2.24, 2.45) is 4.99 Å². The van der Waals surface area contributed by atoms with Crippen molar-refractivity contribution >= 4 is 12.0 Å². The van der Waals surface area contributed by atoms with Gasteiger partial charge in [-0.1, -0.05) is 6.42 Å². The first-order chi connectivity index (χ1) is 7.63. The van der Waals surface area contributed by atoms with Crippen molar-refractivity contribution < 1.29 is 10.0 Å². The summed E-state index contributed by atoms with van der Waals surface area (Å²) in [5.74, 6) is 0.101. The zero-order valence-corrected chi connectivity index (χ0v) is 9.39. The SMILES string of the molecule is CC1(N(O)/C=C2/C=CC=N2)CCCCC1=O. The summed E-state index contributed by atoms with van der Waals surface area (Å²) in [5.41, 5.74) is -0.112. The molecular weight excluding hydrogens is 204 g/mol. The number of carbonyl (C=O) groups is 1. The second-order valence-corrected chi connectivity index (χ2v) is 4.44. The molecule has 1 aliphatic carbocycles. The molecule has 1 unspecified atom stereocenters. The fourth-order valence-electron chi connectivity index (χ4n) is 2.06. The van der Waals surface area contributed by atoms with Gasteiger partial charge in [0, 0.05) is 12.6 Å². The Kier molecular flexibility index (Phi) is 2.92. The number of ketones is 1. The Balaban J connectivity index is 2.16. The molecule has 86 valence electrons. The highest BCUT2D eigenvalue weighted by Crippen LogP contribution is 2.30. The van der Waals surface area contributed by atoms with Gasteiger partial charge in [0.25, 0.3) is 0 Å². The van der Waals surface area contributed by atoms with Crippen LogP contribution in [0.1, 0.15) is 32.6 Å². The maximum Gasteiger partial charge on any atom is 0.160 e. The van der Waals surface area contributed by atoms with E-state index < -0.39 is 5.54 Å². The second-order valence-electron chi connectivity index (χ2n) is 4.44. The van der Waals surface area contributed by atoms with E-state index in [1.54, 1.807) is 25.3 Å². The summed E-state index contributed by atoms with van der Waals surface area (Å²) in [7, 11) is 0. The first-order valence-electron chi connectivity index (χ1n) is 5.57. The van der Waals surface area contributed by atoms with Gasteiger partial charge in [0.1, 0.15) is 5.54 Å². The molecule has 0 aromatic carbocycles. The minimum atomic E-state index is -0.781. The molecule has 0 aromatic rings. The average Bonchev–Trinajstić information content (AvgIpc) is 2.75. The van der Waals surface area contributed by atoms with E-state index in [1.165, 1.54) is 6.20 Å². The highest BCUT2D eigenvalue weighted by atomic mass is 16.5. The lowest BCUT2D eigenvalue weighted by Crippen LogP contribution is -2.50. The molecule has 2 aliphatic rings. The minimum absolute atomic E-state index is 0.101. The number of hydrogen-bond donors (Lipinski definition) is 1. The smallest absolute Gasteiger partial charge is 0.160 e. The van der Waals surface area contributed by atoms with Crippen LogP contribution < -0.4 is 0 Å². The lowest BCUT2D eigenvalue weighted by Gasteiger charge is -2.37.